The molecule has 132 valence electrons. The van der Waals surface area contributed by atoms with Crippen molar-refractivity contribution < 1.29 is 24.2 Å². The number of carbonyl (C=O) groups is 3. The maximum Gasteiger partial charge on any atom is 0.305 e. The molecule has 0 spiro atoms. The number of hydrogen-bond donors (Lipinski definition) is 3. The summed E-state index contributed by atoms with van der Waals surface area (Å²) in [7, 11) is 0. The van der Waals surface area contributed by atoms with E-state index in [0.717, 1.165) is 10.9 Å². The maximum atomic E-state index is 12.4. The van der Waals surface area contributed by atoms with Crippen LogP contribution in [0.25, 0.3) is 10.9 Å². The Morgan fingerprint density at radius 1 is 1.32 bits per heavy atom. The predicted octanol–water partition coefficient (Wildman–Crippen LogP) is 0.600. The number of H-pyrrole nitrogens is 1. The highest BCUT2D eigenvalue weighted by Gasteiger charge is 2.29. The SMILES string of the molecule is O=C(O)CC1COCCN1C(=O)CNC(=O)c1cc2ccccc2[nH]1. The predicted molar refractivity (Wildman–Crippen MR) is 89.2 cm³/mol. The van der Waals surface area contributed by atoms with E-state index in [2.05, 4.69) is 10.3 Å². The molecule has 1 atom stereocenters. The van der Waals surface area contributed by atoms with Crippen LogP contribution in [0.1, 0.15) is 16.9 Å². The minimum Gasteiger partial charge on any atom is -0.481 e. The van der Waals surface area contributed by atoms with Crippen molar-refractivity contribution in [2.24, 2.45) is 0 Å². The molecule has 2 heterocycles. The van der Waals surface area contributed by atoms with Crippen molar-refractivity contribution in [3.63, 3.8) is 0 Å². The van der Waals surface area contributed by atoms with Gasteiger partial charge in [-0.3, -0.25) is 14.4 Å². The number of para-hydroxylation sites is 1. The lowest BCUT2D eigenvalue weighted by molar-refractivity contribution is -0.145. The Bertz CT molecular complexity index is 767. The zero-order valence-corrected chi connectivity index (χ0v) is 13.5. The Morgan fingerprint density at radius 2 is 2.12 bits per heavy atom. The quantitative estimate of drug-likeness (QED) is 0.735. The van der Waals surface area contributed by atoms with Crippen molar-refractivity contribution in [3.05, 3.63) is 36.0 Å². The van der Waals surface area contributed by atoms with Gasteiger partial charge in [0.2, 0.25) is 5.91 Å². The first-order valence-corrected chi connectivity index (χ1v) is 7.99. The number of aromatic nitrogens is 1. The third-order valence-corrected chi connectivity index (χ3v) is 4.13. The Kier molecular flexibility index (Phi) is 4.99. The molecule has 0 saturated carbocycles. The largest absolute Gasteiger partial charge is 0.481 e. The first-order chi connectivity index (χ1) is 12.0. The van der Waals surface area contributed by atoms with Crippen molar-refractivity contribution in [2.75, 3.05) is 26.3 Å². The lowest BCUT2D eigenvalue weighted by Crippen LogP contribution is -2.52. The second kappa shape index (κ2) is 7.35. The van der Waals surface area contributed by atoms with Crippen molar-refractivity contribution in [3.8, 4) is 0 Å². The standard InChI is InChI=1S/C17H19N3O5/c21-15(20-5-6-25-10-12(20)8-16(22)23)9-18-17(24)14-7-11-3-1-2-4-13(11)19-14/h1-4,7,12,19H,5-6,8-10H2,(H,18,24)(H,22,23). The number of amides is 2. The molecule has 0 aliphatic carbocycles. The maximum absolute atomic E-state index is 12.4. The summed E-state index contributed by atoms with van der Waals surface area (Å²) >= 11 is 0. The molecule has 1 aliphatic heterocycles. The van der Waals surface area contributed by atoms with Gasteiger partial charge in [-0.05, 0) is 12.1 Å². The number of nitrogens with zero attached hydrogens (tertiary/aromatic N) is 1. The van der Waals surface area contributed by atoms with Gasteiger partial charge in [-0.15, -0.1) is 0 Å². The number of fused-ring (bicyclic) bond motifs is 1. The van der Waals surface area contributed by atoms with Crippen LogP contribution in [0.4, 0.5) is 0 Å². The van der Waals surface area contributed by atoms with Crippen molar-refractivity contribution in [2.45, 2.75) is 12.5 Å². The fraction of sp³-hybridized carbons (Fsp3) is 0.353. The molecule has 8 nitrogen and oxygen atoms in total. The fourth-order valence-corrected chi connectivity index (χ4v) is 2.90. The Hall–Kier alpha value is -2.87. The average Bonchev–Trinajstić information content (AvgIpc) is 3.03. The number of rotatable bonds is 5. The minimum absolute atomic E-state index is 0.179. The molecule has 0 radical (unpaired) electrons. The summed E-state index contributed by atoms with van der Waals surface area (Å²) in [6.07, 6.45) is -0.179. The lowest BCUT2D eigenvalue weighted by atomic mass is 10.1. The van der Waals surface area contributed by atoms with Gasteiger partial charge in [0.05, 0.1) is 32.2 Å². The van der Waals surface area contributed by atoms with E-state index in [4.69, 9.17) is 9.84 Å². The van der Waals surface area contributed by atoms with Gasteiger partial charge in [-0.1, -0.05) is 18.2 Å². The number of morpholine rings is 1. The van der Waals surface area contributed by atoms with Gasteiger partial charge in [0.25, 0.3) is 5.91 Å². The number of aromatic amines is 1. The number of carbonyl (C=O) groups excluding carboxylic acids is 2. The van der Waals surface area contributed by atoms with Crippen LogP contribution in [-0.2, 0) is 14.3 Å². The summed E-state index contributed by atoms with van der Waals surface area (Å²) in [5.41, 5.74) is 1.21. The second-order valence-electron chi connectivity index (χ2n) is 5.87. The molecule has 8 heteroatoms. The van der Waals surface area contributed by atoms with E-state index in [1.165, 1.54) is 4.90 Å². The van der Waals surface area contributed by atoms with Crippen LogP contribution in [0.5, 0.6) is 0 Å². The molecule has 1 fully saturated rings. The lowest BCUT2D eigenvalue weighted by Gasteiger charge is -2.34. The highest BCUT2D eigenvalue weighted by Crippen LogP contribution is 2.14. The minimum atomic E-state index is -0.990. The van der Waals surface area contributed by atoms with E-state index in [9.17, 15) is 14.4 Å². The number of aliphatic carboxylic acids is 1. The highest BCUT2D eigenvalue weighted by atomic mass is 16.5. The molecule has 1 aromatic carbocycles. The second-order valence-corrected chi connectivity index (χ2v) is 5.87. The van der Waals surface area contributed by atoms with E-state index in [-0.39, 0.29) is 31.4 Å². The number of ether oxygens (including phenoxy) is 1. The molecule has 1 unspecified atom stereocenters. The number of benzene rings is 1. The molecule has 2 amide bonds. The van der Waals surface area contributed by atoms with Crippen LogP contribution >= 0.6 is 0 Å². The number of carboxylic acids is 1. The van der Waals surface area contributed by atoms with Crippen LogP contribution in [0.15, 0.2) is 30.3 Å². The summed E-state index contributed by atoms with van der Waals surface area (Å²) in [4.78, 5) is 39.9. The molecule has 3 N–H and O–H groups in total. The first kappa shape index (κ1) is 17.0. The Morgan fingerprint density at radius 3 is 2.88 bits per heavy atom. The Balaban J connectivity index is 1.60. The van der Waals surface area contributed by atoms with Crippen LogP contribution in [-0.4, -0.2) is 65.1 Å². The topological polar surface area (TPSA) is 112 Å². The molecule has 1 aromatic heterocycles. The molecule has 1 saturated heterocycles. The summed E-state index contributed by atoms with van der Waals surface area (Å²) in [5, 5.41) is 12.4. The molecule has 25 heavy (non-hydrogen) atoms. The van der Waals surface area contributed by atoms with E-state index in [1.54, 1.807) is 6.07 Å². The molecular formula is C17H19N3O5. The van der Waals surface area contributed by atoms with Crippen LogP contribution in [0.2, 0.25) is 0 Å². The van der Waals surface area contributed by atoms with Gasteiger partial charge in [-0.25, -0.2) is 0 Å². The zero-order valence-electron chi connectivity index (χ0n) is 13.5. The van der Waals surface area contributed by atoms with Crippen molar-refractivity contribution in [1.82, 2.24) is 15.2 Å². The monoisotopic (exact) mass is 345 g/mol. The summed E-state index contributed by atoms with van der Waals surface area (Å²) in [6.45, 7) is 0.676. The molecule has 2 aromatic rings. The zero-order chi connectivity index (χ0) is 17.8. The molecule has 0 bridgehead atoms. The third-order valence-electron chi connectivity index (χ3n) is 4.13. The Labute approximate surface area is 143 Å². The van der Waals surface area contributed by atoms with Gasteiger partial charge in [0, 0.05) is 17.4 Å². The average molecular weight is 345 g/mol. The first-order valence-electron chi connectivity index (χ1n) is 7.99. The summed E-state index contributed by atoms with van der Waals surface area (Å²) in [5.74, 6) is -1.69. The fourth-order valence-electron chi connectivity index (χ4n) is 2.90. The van der Waals surface area contributed by atoms with Gasteiger partial charge in [-0.2, -0.15) is 0 Å². The highest BCUT2D eigenvalue weighted by molar-refractivity contribution is 5.99. The number of hydrogen-bond acceptors (Lipinski definition) is 4. The van der Waals surface area contributed by atoms with E-state index in [0.29, 0.717) is 18.8 Å². The third kappa shape index (κ3) is 3.97. The van der Waals surface area contributed by atoms with Crippen LogP contribution in [0, 0.1) is 0 Å². The van der Waals surface area contributed by atoms with E-state index >= 15 is 0 Å². The molecule has 1 aliphatic rings. The van der Waals surface area contributed by atoms with Gasteiger partial charge in [0.15, 0.2) is 0 Å². The van der Waals surface area contributed by atoms with Crippen LogP contribution < -0.4 is 5.32 Å². The van der Waals surface area contributed by atoms with E-state index < -0.39 is 12.0 Å². The smallest absolute Gasteiger partial charge is 0.305 e. The summed E-state index contributed by atoms with van der Waals surface area (Å²) < 4.78 is 5.24. The van der Waals surface area contributed by atoms with Crippen LogP contribution in [0.3, 0.4) is 0 Å². The van der Waals surface area contributed by atoms with Gasteiger partial charge < -0.3 is 25.0 Å². The normalized spacial score (nSPS) is 17.4. The van der Waals surface area contributed by atoms with Gasteiger partial charge in [0.1, 0.15) is 5.69 Å². The molecule has 3 rings (SSSR count). The van der Waals surface area contributed by atoms with Gasteiger partial charge >= 0.3 is 5.97 Å². The van der Waals surface area contributed by atoms with Crippen molar-refractivity contribution >= 4 is 28.7 Å². The van der Waals surface area contributed by atoms with E-state index in [1.807, 2.05) is 24.3 Å². The number of nitrogens with one attached hydrogen (secondary N) is 2. The molecular weight excluding hydrogens is 326 g/mol. The summed E-state index contributed by atoms with van der Waals surface area (Å²) in [6, 6.07) is 8.70. The number of carboxylic acid groups (broad SMARTS) is 1. The van der Waals surface area contributed by atoms with Crippen molar-refractivity contribution in [1.29, 1.82) is 0 Å².